The van der Waals surface area contributed by atoms with E-state index in [0.717, 1.165) is 51.6 Å². The van der Waals surface area contributed by atoms with Crippen molar-refractivity contribution in [1.82, 2.24) is 0 Å². The lowest BCUT2D eigenvalue weighted by Crippen LogP contribution is -2.65. The molecule has 0 aromatic carbocycles. The van der Waals surface area contributed by atoms with Crippen molar-refractivity contribution >= 4 is 0 Å². The summed E-state index contributed by atoms with van der Waals surface area (Å²) in [4.78, 5) is 0. The fourth-order valence-electron chi connectivity index (χ4n) is 16.3. The lowest BCUT2D eigenvalue weighted by Gasteiger charge is -2.58. The molecule has 0 amide bonds. The molecular formula is C56H92O25. The maximum Gasteiger partial charge on any atom is 0.187 e. The average molecular weight is 1170 g/mol. The van der Waals surface area contributed by atoms with Crippen molar-refractivity contribution in [3.8, 4) is 0 Å². The van der Waals surface area contributed by atoms with Gasteiger partial charge in [-0.15, -0.1) is 0 Å². The van der Waals surface area contributed by atoms with Crippen molar-refractivity contribution in [2.75, 3.05) is 52.9 Å². The van der Waals surface area contributed by atoms with Crippen molar-refractivity contribution in [2.24, 2.45) is 52.3 Å². The van der Waals surface area contributed by atoms with Crippen LogP contribution in [0.3, 0.4) is 0 Å². The Morgan fingerprint density at radius 2 is 1.11 bits per heavy atom. The van der Waals surface area contributed by atoms with Gasteiger partial charge in [0.25, 0.3) is 0 Å². The third-order valence-electron chi connectivity index (χ3n) is 21.1. The summed E-state index contributed by atoms with van der Waals surface area (Å²) >= 11 is 0. The van der Waals surface area contributed by atoms with Crippen LogP contribution in [0.25, 0.3) is 0 Å². The molecule has 0 bridgehead atoms. The van der Waals surface area contributed by atoms with Gasteiger partial charge in [0.1, 0.15) is 97.7 Å². The van der Waals surface area contributed by atoms with E-state index in [9.17, 15) is 71.5 Å². The van der Waals surface area contributed by atoms with Gasteiger partial charge in [-0.25, -0.2) is 0 Å². The van der Waals surface area contributed by atoms with Gasteiger partial charge in [-0.1, -0.05) is 39.3 Å². The van der Waals surface area contributed by atoms with Gasteiger partial charge in [0.2, 0.25) is 0 Å². The van der Waals surface area contributed by atoms with Crippen LogP contribution < -0.4 is 0 Å². The van der Waals surface area contributed by atoms with E-state index in [0.29, 0.717) is 35.5 Å². The van der Waals surface area contributed by atoms with Crippen LogP contribution in [0, 0.1) is 52.3 Å². The van der Waals surface area contributed by atoms with Crippen molar-refractivity contribution < 1.29 is 124 Å². The van der Waals surface area contributed by atoms with E-state index in [-0.39, 0.29) is 49.3 Å². The van der Waals surface area contributed by atoms with E-state index >= 15 is 0 Å². The van der Waals surface area contributed by atoms with E-state index in [1.165, 1.54) is 18.4 Å². The van der Waals surface area contributed by atoms with Gasteiger partial charge in [0, 0.05) is 24.9 Å². The Labute approximate surface area is 471 Å². The molecule has 0 unspecified atom stereocenters. The maximum absolute atomic E-state index is 11.3. The molecule has 10 rings (SSSR count). The summed E-state index contributed by atoms with van der Waals surface area (Å²) in [5, 5.41) is 148. The van der Waals surface area contributed by atoms with Crippen molar-refractivity contribution in [3.05, 3.63) is 11.6 Å². The van der Waals surface area contributed by atoms with Gasteiger partial charge >= 0.3 is 0 Å². The maximum atomic E-state index is 11.3. The molecule has 1 spiro atoms. The molecule has 6 heterocycles. The Kier molecular flexibility index (Phi) is 19.7. The monoisotopic (exact) mass is 1160 g/mol. The first-order chi connectivity index (χ1) is 38.6. The second-order valence-electron chi connectivity index (χ2n) is 25.8. The highest BCUT2D eigenvalue weighted by molar-refractivity contribution is 5.26. The standard InChI is InChI=1S/C56H92O25/c1-24-7-13-56(74-21-24)25(2)37-32(81-56)16-31-29-6-5-27-15-28(8-11-54(27,3)30(29)9-12-55(31,37)4)71-14-10-26(22-72-50-46(69)42(65)48(35(19-59)77-50)79-52-44(67)40(63)38(61)33(17-57)75-52)23-73-51-47(70)43(66)49(36(20-60)78-51)80-53-45(68)41(64)39(62)34(18-58)76-53/h5,24-26,28-53,57-70H,6-23H2,1-4H3/t24-,25+,28+,29-,30+,31+,32+,33-,34-,35-,36-,37+,38-,39-,40+,41+,42-,43-,44-,45-,46-,47-,48-,49-,50-,51-,52-,53-,54+,55+,56-/m0/s1. The van der Waals surface area contributed by atoms with Crippen LogP contribution in [-0.2, 0) is 52.1 Å². The summed E-state index contributed by atoms with van der Waals surface area (Å²) in [7, 11) is 0. The van der Waals surface area contributed by atoms with Crippen LogP contribution in [-0.4, -0.2) is 265 Å². The number of aliphatic hydroxyl groups excluding tert-OH is 14. The quantitative estimate of drug-likeness (QED) is 0.0609. The molecule has 3 saturated carbocycles. The molecule has 14 N–H and O–H groups in total. The van der Waals surface area contributed by atoms with Gasteiger partial charge in [-0.3, -0.25) is 0 Å². The Bertz CT molecular complexity index is 2000. The van der Waals surface area contributed by atoms with Crippen molar-refractivity contribution in [2.45, 2.75) is 233 Å². The summed E-state index contributed by atoms with van der Waals surface area (Å²) in [6, 6.07) is 0. The van der Waals surface area contributed by atoms with E-state index in [1.807, 2.05) is 0 Å². The number of hydrogen-bond acceptors (Lipinski definition) is 25. The third kappa shape index (κ3) is 11.7. The zero-order valence-electron chi connectivity index (χ0n) is 46.8. The predicted molar refractivity (Wildman–Crippen MR) is 274 cm³/mol. The number of ether oxygens (including phenoxy) is 11. The SMILES string of the molecule is C[C@H]1CC[C@]2(OC1)O[C@@H]1C[C@@H]3[C@H]4CC=C5C[C@H](OCCC(CO[C@H]6O[C@@H](CO)[C@H](O[C@@H]7O[C@@H](CO)[C@H](O)[C@@H](O)[C@@H]7O)[C@@H](O)[C@@H]6O)CO[C@H]6O[C@@H](CO)[C@H](O[C@@H]7O[C@@H](CO)[C@H](O)[C@@H](O)[C@@H]7O)[C@@H](O)[C@@H]6O)CC[C@@]5(C)[C@@H]4CC[C@@]3(C)[C@@H]1[C@H]2C. The molecule has 25 nitrogen and oxygen atoms in total. The minimum atomic E-state index is -1.86. The van der Waals surface area contributed by atoms with Crippen LogP contribution in [0.1, 0.15) is 91.9 Å². The van der Waals surface area contributed by atoms with E-state index in [2.05, 4.69) is 33.8 Å². The van der Waals surface area contributed by atoms with Gasteiger partial charge in [-0.2, -0.15) is 0 Å². The first-order valence-corrected chi connectivity index (χ1v) is 29.6. The zero-order chi connectivity index (χ0) is 58.0. The minimum absolute atomic E-state index is 0.0374. The molecule has 9 fully saturated rings. The van der Waals surface area contributed by atoms with Crippen LogP contribution in [0.5, 0.6) is 0 Å². The highest BCUT2D eigenvalue weighted by Gasteiger charge is 2.69. The molecule has 466 valence electrons. The number of rotatable bonds is 18. The molecule has 31 atom stereocenters. The van der Waals surface area contributed by atoms with Crippen LogP contribution >= 0.6 is 0 Å². The third-order valence-corrected chi connectivity index (χ3v) is 21.1. The van der Waals surface area contributed by atoms with E-state index < -0.39 is 161 Å². The van der Waals surface area contributed by atoms with Gasteiger partial charge < -0.3 is 124 Å². The summed E-state index contributed by atoms with van der Waals surface area (Å²) in [5.74, 6) is 1.99. The van der Waals surface area contributed by atoms with Crippen molar-refractivity contribution in [3.63, 3.8) is 0 Å². The van der Waals surface area contributed by atoms with Gasteiger partial charge in [-0.05, 0) is 98.2 Å². The molecule has 25 heteroatoms. The molecular weight excluding hydrogens is 1070 g/mol. The smallest absolute Gasteiger partial charge is 0.187 e. The average Bonchev–Trinajstić information content (AvgIpc) is 3.70. The molecule has 0 aromatic rings. The summed E-state index contributed by atoms with van der Waals surface area (Å²) in [6.45, 7) is 7.00. The highest BCUT2D eigenvalue weighted by Crippen LogP contribution is 2.70. The zero-order valence-corrected chi connectivity index (χ0v) is 46.8. The number of allylic oxidation sites excluding steroid dienone is 1. The van der Waals surface area contributed by atoms with Crippen molar-refractivity contribution in [1.29, 1.82) is 0 Å². The Morgan fingerprint density at radius 3 is 1.63 bits per heavy atom. The first kappa shape index (κ1) is 62.8. The number of hydrogen-bond donors (Lipinski definition) is 14. The first-order valence-electron chi connectivity index (χ1n) is 29.6. The van der Waals surface area contributed by atoms with Gasteiger partial charge in [0.15, 0.2) is 30.9 Å². The predicted octanol–water partition coefficient (Wildman–Crippen LogP) is -2.97. The lowest BCUT2D eigenvalue weighted by molar-refractivity contribution is -0.363. The summed E-state index contributed by atoms with van der Waals surface area (Å²) < 4.78 is 66.5. The Morgan fingerprint density at radius 1 is 0.580 bits per heavy atom. The van der Waals surface area contributed by atoms with E-state index in [4.69, 9.17) is 52.1 Å². The highest BCUT2D eigenvalue weighted by atomic mass is 16.8. The fourth-order valence-corrected chi connectivity index (χ4v) is 16.3. The molecule has 0 radical (unpaired) electrons. The fraction of sp³-hybridized carbons (Fsp3) is 0.964. The largest absolute Gasteiger partial charge is 0.394 e. The minimum Gasteiger partial charge on any atom is -0.394 e. The Hall–Kier alpha value is -1.26. The lowest BCUT2D eigenvalue weighted by atomic mass is 9.47. The van der Waals surface area contributed by atoms with Crippen LogP contribution in [0.4, 0.5) is 0 Å². The molecule has 6 aliphatic heterocycles. The molecule has 0 aromatic heterocycles. The molecule has 81 heavy (non-hydrogen) atoms. The van der Waals surface area contributed by atoms with Crippen LogP contribution in [0.2, 0.25) is 0 Å². The van der Waals surface area contributed by atoms with Gasteiger partial charge in [0.05, 0.1) is 58.5 Å². The van der Waals surface area contributed by atoms with E-state index in [1.54, 1.807) is 0 Å². The molecule has 6 saturated heterocycles. The summed E-state index contributed by atoms with van der Waals surface area (Å²) in [6.07, 6.45) is -21.3. The number of fused-ring (bicyclic) bond motifs is 7. The Balaban J connectivity index is 0.784. The topological polar surface area (TPSA) is 385 Å². The number of aliphatic hydroxyl groups is 14. The normalized spacial score (nSPS) is 52.8. The molecule has 10 aliphatic rings. The molecule has 4 aliphatic carbocycles. The van der Waals surface area contributed by atoms with Crippen LogP contribution in [0.15, 0.2) is 11.6 Å². The summed E-state index contributed by atoms with van der Waals surface area (Å²) in [5.41, 5.74) is 1.66. The second-order valence-corrected chi connectivity index (χ2v) is 25.8. The second kappa shape index (κ2) is 25.5.